The summed E-state index contributed by atoms with van der Waals surface area (Å²) < 4.78 is 17.0. The number of ether oxygens (including phenoxy) is 1. The number of aryl methyl sites for hydroxylation is 1. The third kappa shape index (κ3) is 3.38. The molecule has 0 aliphatic heterocycles. The lowest BCUT2D eigenvalue weighted by atomic mass is 10.1. The number of carboxylic acid groups (broad SMARTS) is 1. The minimum atomic E-state index is -1.25. The minimum Gasteiger partial charge on any atom is -0.478 e. The van der Waals surface area contributed by atoms with Gasteiger partial charge < -0.3 is 9.84 Å². The van der Waals surface area contributed by atoms with Crippen molar-refractivity contribution < 1.29 is 18.8 Å². The molecule has 94 valence electrons. The van der Waals surface area contributed by atoms with Crippen LogP contribution in [0.25, 0.3) is 0 Å². The summed E-state index contributed by atoms with van der Waals surface area (Å²) in [5, 5.41) is 8.83. The van der Waals surface area contributed by atoms with Gasteiger partial charge in [0.25, 0.3) is 0 Å². The zero-order valence-electron chi connectivity index (χ0n) is 10.1. The Morgan fingerprint density at radius 2 is 2.18 bits per heavy atom. The Morgan fingerprint density at radius 3 is 2.71 bits per heavy atom. The molecule has 0 fully saturated rings. The first-order chi connectivity index (χ1) is 7.97. The van der Waals surface area contributed by atoms with E-state index in [1.54, 1.807) is 33.1 Å². The van der Waals surface area contributed by atoms with E-state index in [0.717, 1.165) is 0 Å². The molecule has 17 heavy (non-hydrogen) atoms. The van der Waals surface area contributed by atoms with Gasteiger partial charge in [-0.15, -0.1) is 0 Å². The molecule has 0 bridgehead atoms. The summed E-state index contributed by atoms with van der Waals surface area (Å²) in [6.45, 7) is 3.90. The molecule has 4 nitrogen and oxygen atoms in total. The highest BCUT2D eigenvalue weighted by atomic mass is 32.2. The van der Waals surface area contributed by atoms with Crippen LogP contribution in [-0.4, -0.2) is 34.3 Å². The fraction of sp³-hybridized carbons (Fsp3) is 0.417. The first-order valence-corrected chi connectivity index (χ1v) is 6.42. The van der Waals surface area contributed by atoms with Crippen LogP contribution in [0.1, 0.15) is 22.8 Å². The highest BCUT2D eigenvalue weighted by molar-refractivity contribution is 7.85. The summed E-state index contributed by atoms with van der Waals surface area (Å²) in [7, 11) is 0.296. The first-order valence-electron chi connectivity index (χ1n) is 5.20. The van der Waals surface area contributed by atoms with Crippen molar-refractivity contribution in [1.29, 1.82) is 0 Å². The minimum absolute atomic E-state index is 0.163. The zero-order valence-corrected chi connectivity index (χ0v) is 10.9. The summed E-state index contributed by atoms with van der Waals surface area (Å²) >= 11 is 0. The van der Waals surface area contributed by atoms with Crippen molar-refractivity contribution >= 4 is 16.8 Å². The molecule has 1 N–H and O–H groups in total. The lowest BCUT2D eigenvalue weighted by molar-refractivity contribution is 0.0696. The standard InChI is InChI=1S/C12H16O4S/c1-8-4-5-10(6-11(8)12(13)14)17(15)9(2)7-16-3/h4-6,9H,7H2,1-3H3,(H,13,14). The molecule has 1 rings (SSSR count). The maximum atomic E-state index is 12.1. The summed E-state index contributed by atoms with van der Waals surface area (Å²) in [6.07, 6.45) is 0. The largest absolute Gasteiger partial charge is 0.478 e. The molecule has 2 atom stereocenters. The second-order valence-corrected chi connectivity index (χ2v) is 5.72. The topological polar surface area (TPSA) is 63.6 Å². The van der Waals surface area contributed by atoms with Gasteiger partial charge in [0.15, 0.2) is 0 Å². The van der Waals surface area contributed by atoms with E-state index in [-0.39, 0.29) is 10.8 Å². The maximum absolute atomic E-state index is 12.1. The predicted molar refractivity (Wildman–Crippen MR) is 65.9 cm³/mol. The van der Waals surface area contributed by atoms with E-state index in [9.17, 15) is 9.00 Å². The molecular formula is C12H16O4S. The molecule has 0 aromatic heterocycles. The van der Waals surface area contributed by atoms with E-state index in [0.29, 0.717) is 17.1 Å². The number of carboxylic acids is 1. The SMILES string of the molecule is COCC(C)S(=O)c1ccc(C)c(C(=O)O)c1. The van der Waals surface area contributed by atoms with E-state index in [1.165, 1.54) is 6.07 Å². The number of benzene rings is 1. The normalized spacial score (nSPS) is 14.3. The third-order valence-corrected chi connectivity index (χ3v) is 4.02. The molecule has 0 radical (unpaired) electrons. The van der Waals surface area contributed by atoms with E-state index >= 15 is 0 Å². The molecule has 2 unspecified atom stereocenters. The van der Waals surface area contributed by atoms with Crippen LogP contribution in [0.5, 0.6) is 0 Å². The number of aromatic carboxylic acids is 1. The van der Waals surface area contributed by atoms with Gasteiger partial charge in [-0.05, 0) is 31.5 Å². The highest BCUT2D eigenvalue weighted by Gasteiger charge is 2.16. The quantitative estimate of drug-likeness (QED) is 0.873. The van der Waals surface area contributed by atoms with Gasteiger partial charge in [-0.3, -0.25) is 4.21 Å². The molecule has 1 aromatic rings. The molecule has 0 aliphatic rings. The van der Waals surface area contributed by atoms with Crippen LogP contribution < -0.4 is 0 Å². The summed E-state index contributed by atoms with van der Waals surface area (Å²) in [5.74, 6) is -0.999. The van der Waals surface area contributed by atoms with Crippen molar-refractivity contribution in [1.82, 2.24) is 0 Å². The smallest absolute Gasteiger partial charge is 0.335 e. The fourth-order valence-corrected chi connectivity index (χ4v) is 2.65. The lowest BCUT2D eigenvalue weighted by Crippen LogP contribution is -2.17. The first kappa shape index (κ1) is 13.9. The predicted octanol–water partition coefficient (Wildman–Crippen LogP) is 1.84. The van der Waals surface area contributed by atoms with Gasteiger partial charge in [0.05, 0.1) is 28.2 Å². The molecule has 0 spiro atoms. The van der Waals surface area contributed by atoms with Gasteiger partial charge >= 0.3 is 5.97 Å². The Hall–Kier alpha value is -1.20. The maximum Gasteiger partial charge on any atom is 0.335 e. The molecule has 0 aliphatic carbocycles. The van der Waals surface area contributed by atoms with Gasteiger partial charge in [0.1, 0.15) is 0 Å². The number of methoxy groups -OCH3 is 1. The molecular weight excluding hydrogens is 240 g/mol. The number of hydrogen-bond acceptors (Lipinski definition) is 3. The Balaban J connectivity index is 3.03. The summed E-state index contributed by atoms with van der Waals surface area (Å²) in [4.78, 5) is 11.5. The third-order valence-electron chi connectivity index (χ3n) is 2.44. The van der Waals surface area contributed by atoms with Crippen LogP contribution in [0, 0.1) is 6.92 Å². The van der Waals surface area contributed by atoms with Gasteiger partial charge in [-0.25, -0.2) is 4.79 Å². The number of hydrogen-bond donors (Lipinski definition) is 1. The van der Waals surface area contributed by atoms with Gasteiger partial charge in [0, 0.05) is 12.0 Å². The molecule has 1 aromatic carbocycles. The van der Waals surface area contributed by atoms with Crippen LogP contribution in [-0.2, 0) is 15.5 Å². The number of carbonyl (C=O) groups is 1. The van der Waals surface area contributed by atoms with Crippen molar-refractivity contribution in [3.63, 3.8) is 0 Å². The summed E-state index contributed by atoms with van der Waals surface area (Å²) in [5.41, 5.74) is 0.859. The van der Waals surface area contributed by atoms with Crippen LogP contribution >= 0.6 is 0 Å². The molecule has 0 saturated carbocycles. The van der Waals surface area contributed by atoms with E-state index in [4.69, 9.17) is 9.84 Å². The fourth-order valence-electron chi connectivity index (χ4n) is 1.49. The zero-order chi connectivity index (χ0) is 13.0. The van der Waals surface area contributed by atoms with Crippen molar-refractivity contribution in [2.75, 3.05) is 13.7 Å². The van der Waals surface area contributed by atoms with Gasteiger partial charge in [-0.1, -0.05) is 6.07 Å². The second kappa shape index (κ2) is 5.93. The van der Waals surface area contributed by atoms with Crippen molar-refractivity contribution in [3.8, 4) is 0 Å². The van der Waals surface area contributed by atoms with E-state index < -0.39 is 16.8 Å². The number of rotatable bonds is 5. The summed E-state index contributed by atoms with van der Waals surface area (Å²) in [6, 6.07) is 4.85. The molecule has 0 amide bonds. The van der Waals surface area contributed by atoms with Crippen LogP contribution in [0.15, 0.2) is 23.1 Å². The van der Waals surface area contributed by atoms with Gasteiger partial charge in [-0.2, -0.15) is 0 Å². The Bertz CT molecular complexity index is 442. The van der Waals surface area contributed by atoms with Crippen LogP contribution in [0.3, 0.4) is 0 Å². The Kier molecular flexibility index (Phi) is 4.84. The van der Waals surface area contributed by atoms with Crippen molar-refractivity contribution in [2.45, 2.75) is 24.0 Å². The monoisotopic (exact) mass is 256 g/mol. The van der Waals surface area contributed by atoms with E-state index in [2.05, 4.69) is 0 Å². The second-order valence-electron chi connectivity index (χ2n) is 3.85. The van der Waals surface area contributed by atoms with Crippen LogP contribution in [0.4, 0.5) is 0 Å². The van der Waals surface area contributed by atoms with Crippen LogP contribution in [0.2, 0.25) is 0 Å². The molecule has 5 heteroatoms. The Labute approximate surface area is 103 Å². The van der Waals surface area contributed by atoms with Crippen molar-refractivity contribution in [2.24, 2.45) is 0 Å². The Morgan fingerprint density at radius 1 is 1.53 bits per heavy atom. The molecule has 0 heterocycles. The average Bonchev–Trinajstić information content (AvgIpc) is 2.28. The van der Waals surface area contributed by atoms with Gasteiger partial charge in [0.2, 0.25) is 0 Å². The molecule has 0 saturated heterocycles. The lowest BCUT2D eigenvalue weighted by Gasteiger charge is -2.11. The van der Waals surface area contributed by atoms with Crippen molar-refractivity contribution in [3.05, 3.63) is 29.3 Å². The average molecular weight is 256 g/mol. The van der Waals surface area contributed by atoms with E-state index in [1.807, 2.05) is 0 Å². The highest BCUT2D eigenvalue weighted by Crippen LogP contribution is 2.17.